The summed E-state index contributed by atoms with van der Waals surface area (Å²) in [5.41, 5.74) is 3.22. The van der Waals surface area contributed by atoms with E-state index in [-0.39, 0.29) is 18.2 Å². The van der Waals surface area contributed by atoms with Crippen molar-refractivity contribution >= 4 is 17.6 Å². The van der Waals surface area contributed by atoms with Crippen LogP contribution in [0, 0.1) is 5.92 Å². The number of fused-ring (bicyclic) bond motifs is 1. The summed E-state index contributed by atoms with van der Waals surface area (Å²) in [7, 11) is 0. The van der Waals surface area contributed by atoms with Gasteiger partial charge in [-0.05, 0) is 36.0 Å². The van der Waals surface area contributed by atoms with Gasteiger partial charge in [-0.3, -0.25) is 9.59 Å². The van der Waals surface area contributed by atoms with Crippen molar-refractivity contribution in [1.29, 1.82) is 0 Å². The summed E-state index contributed by atoms with van der Waals surface area (Å²) in [6.45, 7) is 4.26. The lowest BCUT2D eigenvalue weighted by atomic mass is 9.87. The first-order valence-electron chi connectivity index (χ1n) is 6.63. The zero-order valence-corrected chi connectivity index (χ0v) is 11.3. The van der Waals surface area contributed by atoms with E-state index >= 15 is 0 Å². The van der Waals surface area contributed by atoms with Crippen LogP contribution in [0.1, 0.15) is 43.7 Å². The minimum absolute atomic E-state index is 0.0390. The summed E-state index contributed by atoms with van der Waals surface area (Å²) >= 11 is 0. The third-order valence-electron chi connectivity index (χ3n) is 3.60. The molecule has 1 heterocycles. The molecule has 1 aromatic rings. The second kappa shape index (κ2) is 5.43. The third kappa shape index (κ3) is 3.13. The van der Waals surface area contributed by atoms with Crippen molar-refractivity contribution in [3.63, 3.8) is 0 Å². The predicted octanol–water partition coefficient (Wildman–Crippen LogP) is 2.79. The van der Waals surface area contributed by atoms with Crippen molar-refractivity contribution in [2.45, 2.75) is 39.0 Å². The Hall–Kier alpha value is -1.84. The summed E-state index contributed by atoms with van der Waals surface area (Å²) in [4.78, 5) is 22.5. The van der Waals surface area contributed by atoms with Crippen molar-refractivity contribution in [2.24, 2.45) is 5.92 Å². The fourth-order valence-corrected chi connectivity index (χ4v) is 2.39. The van der Waals surface area contributed by atoms with Gasteiger partial charge in [0.25, 0.3) is 0 Å². The van der Waals surface area contributed by atoms with Crippen molar-refractivity contribution in [2.75, 3.05) is 5.32 Å². The molecule has 2 rings (SSSR count). The molecule has 102 valence electrons. The van der Waals surface area contributed by atoms with Crippen LogP contribution >= 0.6 is 0 Å². The number of aliphatic carboxylic acids is 1. The van der Waals surface area contributed by atoms with Gasteiger partial charge in [0, 0.05) is 18.0 Å². The van der Waals surface area contributed by atoms with Gasteiger partial charge in [-0.15, -0.1) is 0 Å². The zero-order chi connectivity index (χ0) is 14.0. The summed E-state index contributed by atoms with van der Waals surface area (Å²) in [6, 6.07) is 6.09. The summed E-state index contributed by atoms with van der Waals surface area (Å²) in [5, 5.41) is 11.6. The Balaban J connectivity index is 2.17. The molecule has 4 nitrogen and oxygen atoms in total. The van der Waals surface area contributed by atoms with E-state index in [1.807, 2.05) is 12.1 Å². The van der Waals surface area contributed by atoms with Gasteiger partial charge in [-0.25, -0.2) is 0 Å². The normalized spacial score (nSPS) is 18.1. The molecule has 0 fully saturated rings. The van der Waals surface area contributed by atoms with Crippen molar-refractivity contribution in [3.05, 3.63) is 29.3 Å². The van der Waals surface area contributed by atoms with Crippen LogP contribution in [0.3, 0.4) is 0 Å². The van der Waals surface area contributed by atoms with Crippen LogP contribution in [-0.4, -0.2) is 17.0 Å². The highest BCUT2D eigenvalue weighted by molar-refractivity contribution is 5.96. The topological polar surface area (TPSA) is 66.4 Å². The molecule has 0 aromatic heterocycles. The van der Waals surface area contributed by atoms with E-state index < -0.39 is 5.97 Å². The largest absolute Gasteiger partial charge is 0.481 e. The SMILES string of the molecule is CC(C)c1ccc2c(c1)CC(CCC(=O)O)C(=O)N2. The Morgan fingerprint density at radius 2 is 2.21 bits per heavy atom. The van der Waals surface area contributed by atoms with Crippen LogP contribution < -0.4 is 5.32 Å². The number of rotatable bonds is 4. The predicted molar refractivity (Wildman–Crippen MR) is 73.2 cm³/mol. The highest BCUT2D eigenvalue weighted by atomic mass is 16.4. The van der Waals surface area contributed by atoms with Crippen molar-refractivity contribution in [3.8, 4) is 0 Å². The number of carbonyl (C=O) groups excluding carboxylic acids is 1. The Kier molecular flexibility index (Phi) is 3.88. The monoisotopic (exact) mass is 261 g/mol. The van der Waals surface area contributed by atoms with Crippen LogP contribution in [0.15, 0.2) is 18.2 Å². The molecule has 2 N–H and O–H groups in total. The van der Waals surface area contributed by atoms with E-state index in [0.29, 0.717) is 18.8 Å². The fraction of sp³-hybridized carbons (Fsp3) is 0.467. The second-order valence-corrected chi connectivity index (χ2v) is 5.39. The van der Waals surface area contributed by atoms with Crippen molar-refractivity contribution < 1.29 is 14.7 Å². The molecule has 1 atom stereocenters. The van der Waals surface area contributed by atoms with E-state index in [4.69, 9.17) is 5.11 Å². The maximum absolute atomic E-state index is 11.9. The average molecular weight is 261 g/mol. The van der Waals surface area contributed by atoms with Gasteiger partial charge in [0.15, 0.2) is 0 Å². The Morgan fingerprint density at radius 3 is 2.84 bits per heavy atom. The lowest BCUT2D eigenvalue weighted by Crippen LogP contribution is -2.30. The van der Waals surface area contributed by atoms with Gasteiger partial charge >= 0.3 is 5.97 Å². The Morgan fingerprint density at radius 1 is 1.47 bits per heavy atom. The molecule has 0 aliphatic carbocycles. The highest BCUT2D eigenvalue weighted by Gasteiger charge is 2.26. The molecule has 1 aliphatic rings. The molecule has 1 unspecified atom stereocenters. The van der Waals surface area contributed by atoms with Crippen LogP contribution in [-0.2, 0) is 16.0 Å². The first kappa shape index (κ1) is 13.6. The molecule has 4 heteroatoms. The molecular formula is C15H19NO3. The maximum Gasteiger partial charge on any atom is 0.303 e. The van der Waals surface area contributed by atoms with Crippen molar-refractivity contribution in [1.82, 2.24) is 0 Å². The molecular weight excluding hydrogens is 242 g/mol. The quantitative estimate of drug-likeness (QED) is 0.875. The van der Waals surface area contributed by atoms with E-state index in [2.05, 4.69) is 25.2 Å². The lowest BCUT2D eigenvalue weighted by molar-refractivity contribution is -0.137. The summed E-state index contributed by atoms with van der Waals surface area (Å²) < 4.78 is 0. The molecule has 1 aliphatic heterocycles. The molecule has 0 bridgehead atoms. The molecule has 0 saturated heterocycles. The smallest absolute Gasteiger partial charge is 0.303 e. The standard InChI is InChI=1S/C15H19NO3/c1-9(2)10-3-5-13-12(7-10)8-11(15(19)16-13)4-6-14(17)18/h3,5,7,9,11H,4,6,8H2,1-2H3,(H,16,19)(H,17,18). The van der Waals surface area contributed by atoms with Gasteiger partial charge in [0.1, 0.15) is 0 Å². The number of amides is 1. The molecule has 0 saturated carbocycles. The average Bonchev–Trinajstić information content (AvgIpc) is 2.35. The van der Waals surface area contributed by atoms with Gasteiger partial charge in [-0.1, -0.05) is 26.0 Å². The number of hydrogen-bond donors (Lipinski definition) is 2. The summed E-state index contributed by atoms with van der Waals surface area (Å²) in [5.74, 6) is -0.702. The first-order valence-corrected chi connectivity index (χ1v) is 6.63. The maximum atomic E-state index is 11.9. The minimum atomic E-state index is -0.852. The van der Waals surface area contributed by atoms with Crippen LogP contribution in [0.2, 0.25) is 0 Å². The van der Waals surface area contributed by atoms with Crippen LogP contribution in [0.5, 0.6) is 0 Å². The van der Waals surface area contributed by atoms with E-state index in [0.717, 1.165) is 11.3 Å². The number of anilines is 1. The Labute approximate surface area is 112 Å². The molecule has 0 radical (unpaired) electrons. The summed E-state index contributed by atoms with van der Waals surface area (Å²) in [6.07, 6.45) is 1.07. The van der Waals surface area contributed by atoms with Crippen LogP contribution in [0.4, 0.5) is 5.69 Å². The lowest BCUT2D eigenvalue weighted by Gasteiger charge is -2.25. The highest BCUT2D eigenvalue weighted by Crippen LogP contribution is 2.30. The number of nitrogens with one attached hydrogen (secondary N) is 1. The fourth-order valence-electron chi connectivity index (χ4n) is 2.39. The first-order chi connectivity index (χ1) is 8.97. The van der Waals surface area contributed by atoms with E-state index in [1.54, 1.807) is 0 Å². The van der Waals surface area contributed by atoms with Gasteiger partial charge < -0.3 is 10.4 Å². The van der Waals surface area contributed by atoms with Gasteiger partial charge in [0.2, 0.25) is 5.91 Å². The Bertz CT molecular complexity index is 508. The number of benzene rings is 1. The molecule has 19 heavy (non-hydrogen) atoms. The molecule has 1 aromatic carbocycles. The minimum Gasteiger partial charge on any atom is -0.481 e. The third-order valence-corrected chi connectivity index (χ3v) is 3.60. The number of carbonyl (C=O) groups is 2. The van der Waals surface area contributed by atoms with E-state index in [1.165, 1.54) is 5.56 Å². The van der Waals surface area contributed by atoms with Gasteiger partial charge in [-0.2, -0.15) is 0 Å². The number of carboxylic acids is 1. The zero-order valence-electron chi connectivity index (χ0n) is 11.3. The number of carboxylic acid groups (broad SMARTS) is 1. The molecule has 1 amide bonds. The van der Waals surface area contributed by atoms with E-state index in [9.17, 15) is 9.59 Å². The number of hydrogen-bond acceptors (Lipinski definition) is 2. The second-order valence-electron chi connectivity index (χ2n) is 5.39. The molecule has 0 spiro atoms. The van der Waals surface area contributed by atoms with Crippen LogP contribution in [0.25, 0.3) is 0 Å². The van der Waals surface area contributed by atoms with Gasteiger partial charge in [0.05, 0.1) is 0 Å².